The zero-order chi connectivity index (χ0) is 20.2. The Morgan fingerprint density at radius 1 is 0.536 bits per heavy atom. The van der Waals surface area contributed by atoms with E-state index in [0.717, 1.165) is 10.4 Å². The molecule has 0 aromatic heterocycles. The Morgan fingerprint density at radius 3 is 1.21 bits per heavy atom. The molecule has 0 unspecified atom stereocenters. The maximum Gasteiger partial charge on any atom is 0.406 e. The van der Waals surface area contributed by atoms with E-state index in [1.165, 1.54) is 5.19 Å². The van der Waals surface area contributed by atoms with E-state index < -0.39 is 17.8 Å². The molecule has 0 heterocycles. The first-order valence-corrected chi connectivity index (χ1v) is 12.4. The van der Waals surface area contributed by atoms with E-state index in [0.29, 0.717) is 0 Å². The van der Waals surface area contributed by atoms with Crippen LogP contribution in [0.1, 0.15) is 0 Å². The first-order chi connectivity index (χ1) is 13.7. The van der Waals surface area contributed by atoms with Crippen molar-refractivity contribution in [3.63, 3.8) is 0 Å². The smallest absolute Gasteiger partial charge is 0.397 e. The first kappa shape index (κ1) is 22.2. The van der Waals surface area contributed by atoms with E-state index in [9.17, 15) is 0 Å². The molecule has 3 aromatic carbocycles. The molecule has 0 saturated carbocycles. The zero-order valence-electron chi connectivity index (χ0n) is 16.9. The predicted molar refractivity (Wildman–Crippen MR) is 119 cm³/mol. The van der Waals surface area contributed by atoms with Gasteiger partial charge in [0.1, 0.15) is 0 Å². The molecular formula is C22H28O4Si2. The van der Waals surface area contributed by atoms with Crippen molar-refractivity contribution in [2.24, 2.45) is 0 Å². The van der Waals surface area contributed by atoms with Crippen LogP contribution >= 0.6 is 0 Å². The lowest BCUT2D eigenvalue weighted by Crippen LogP contribution is -2.62. The van der Waals surface area contributed by atoms with E-state index in [-0.39, 0.29) is 0 Å². The summed E-state index contributed by atoms with van der Waals surface area (Å²) in [6.45, 7) is 0. The molecule has 0 N–H and O–H groups in total. The largest absolute Gasteiger partial charge is 0.406 e. The molecule has 0 amide bonds. The molecule has 0 radical (unpaired) electrons. The Hall–Kier alpha value is -2.07. The van der Waals surface area contributed by atoms with Crippen molar-refractivity contribution in [2.45, 2.75) is 0 Å². The second-order valence-corrected chi connectivity index (χ2v) is 11.4. The highest BCUT2D eigenvalue weighted by atomic mass is 28.4. The molecular weight excluding hydrogens is 384 g/mol. The molecule has 0 aliphatic rings. The summed E-state index contributed by atoms with van der Waals surface area (Å²) in [5.74, 6) is 0. The van der Waals surface area contributed by atoms with Gasteiger partial charge in [0.2, 0.25) is 0 Å². The average molecular weight is 413 g/mol. The van der Waals surface area contributed by atoms with Gasteiger partial charge in [0.25, 0.3) is 0 Å². The molecule has 0 aliphatic heterocycles. The van der Waals surface area contributed by atoms with Crippen LogP contribution in [0.3, 0.4) is 0 Å². The Bertz CT molecular complexity index is 736. The predicted octanol–water partition coefficient (Wildman–Crippen LogP) is 1.94. The summed E-state index contributed by atoms with van der Waals surface area (Å²) in [5, 5.41) is 3.42. The Kier molecular flexibility index (Phi) is 9.29. The van der Waals surface area contributed by atoms with E-state index in [4.69, 9.17) is 17.7 Å². The highest BCUT2D eigenvalue weighted by molar-refractivity contribution is 6.92. The molecule has 3 rings (SSSR count). The number of rotatable bonds is 7. The minimum Gasteiger partial charge on any atom is -0.397 e. The molecule has 3 aromatic rings. The van der Waals surface area contributed by atoms with Crippen LogP contribution in [-0.4, -0.2) is 46.3 Å². The van der Waals surface area contributed by atoms with Crippen molar-refractivity contribution < 1.29 is 17.7 Å². The maximum absolute atomic E-state index is 5.78. The van der Waals surface area contributed by atoms with Gasteiger partial charge in [-0.05, 0) is 15.6 Å². The summed E-state index contributed by atoms with van der Waals surface area (Å²) in [5.41, 5.74) is 0. The third kappa shape index (κ3) is 5.48. The van der Waals surface area contributed by atoms with Gasteiger partial charge in [-0.15, -0.1) is 0 Å². The minimum atomic E-state index is -2.50. The second-order valence-electron chi connectivity index (χ2n) is 5.97. The fourth-order valence-electron chi connectivity index (χ4n) is 3.02. The molecule has 0 saturated heterocycles. The van der Waals surface area contributed by atoms with Crippen LogP contribution in [0, 0.1) is 0 Å². The molecule has 0 atom stereocenters. The molecule has 28 heavy (non-hydrogen) atoms. The minimum absolute atomic E-state index is 1.12. The Morgan fingerprint density at radius 2 is 0.893 bits per heavy atom. The van der Waals surface area contributed by atoms with E-state index in [1.54, 1.807) is 28.4 Å². The van der Waals surface area contributed by atoms with Crippen LogP contribution in [0.15, 0.2) is 91.0 Å². The molecule has 0 bridgehead atoms. The first-order valence-electron chi connectivity index (χ1n) is 9.03. The highest BCUT2D eigenvalue weighted by Crippen LogP contribution is 2.07. The second kappa shape index (κ2) is 11.7. The van der Waals surface area contributed by atoms with E-state index in [1.807, 2.05) is 66.7 Å². The van der Waals surface area contributed by atoms with Crippen LogP contribution in [0.25, 0.3) is 0 Å². The molecule has 4 nitrogen and oxygen atoms in total. The topological polar surface area (TPSA) is 36.9 Å². The average Bonchev–Trinajstić information content (AvgIpc) is 2.79. The third-order valence-corrected chi connectivity index (χ3v) is 9.50. The fraction of sp³-hybridized carbons (Fsp3) is 0.182. The van der Waals surface area contributed by atoms with Crippen LogP contribution in [0.2, 0.25) is 0 Å². The number of hydrogen-bond donors (Lipinski definition) is 0. The van der Waals surface area contributed by atoms with E-state index in [2.05, 4.69) is 24.3 Å². The van der Waals surface area contributed by atoms with Gasteiger partial charge >= 0.3 is 17.8 Å². The van der Waals surface area contributed by atoms with Crippen LogP contribution in [0.5, 0.6) is 0 Å². The van der Waals surface area contributed by atoms with Crippen molar-refractivity contribution in [3.8, 4) is 0 Å². The van der Waals surface area contributed by atoms with E-state index >= 15 is 0 Å². The number of benzene rings is 3. The Balaban J connectivity index is 0.000000221. The maximum atomic E-state index is 5.78. The lowest BCUT2D eigenvalue weighted by molar-refractivity contribution is 0.272. The van der Waals surface area contributed by atoms with Crippen LogP contribution in [0.4, 0.5) is 0 Å². The van der Waals surface area contributed by atoms with Gasteiger partial charge in [-0.2, -0.15) is 0 Å². The summed E-state index contributed by atoms with van der Waals surface area (Å²) in [4.78, 5) is 0. The summed E-state index contributed by atoms with van der Waals surface area (Å²) in [7, 11) is 2.77. The highest BCUT2D eigenvalue weighted by Gasteiger charge is 2.40. The van der Waals surface area contributed by atoms with Crippen LogP contribution < -0.4 is 15.6 Å². The normalized spacial score (nSPS) is 11.0. The molecule has 0 fully saturated rings. The van der Waals surface area contributed by atoms with Crippen molar-refractivity contribution in [3.05, 3.63) is 91.0 Å². The van der Waals surface area contributed by atoms with Gasteiger partial charge in [-0.25, -0.2) is 0 Å². The van der Waals surface area contributed by atoms with Crippen molar-refractivity contribution in [1.29, 1.82) is 0 Å². The third-order valence-electron chi connectivity index (χ3n) is 4.38. The summed E-state index contributed by atoms with van der Waals surface area (Å²) in [6, 6.07) is 30.3. The quantitative estimate of drug-likeness (QED) is 0.556. The van der Waals surface area contributed by atoms with Crippen molar-refractivity contribution in [2.75, 3.05) is 28.4 Å². The van der Waals surface area contributed by atoms with Crippen molar-refractivity contribution in [1.82, 2.24) is 0 Å². The molecule has 6 heteroatoms. The van der Waals surface area contributed by atoms with Gasteiger partial charge in [0.05, 0.1) is 0 Å². The lowest BCUT2D eigenvalue weighted by Gasteiger charge is -2.27. The standard InChI is InChI=1S/C14H16O2Si.C8H12O2Si/c1-15-17(16-2,13-9-5-3-6-10-13)14-11-7-4-8-12-14;1-9-11(10-2)8-6-4-3-5-7-8/h3-12H,1-2H3;3-7,11H,1-2H3. The lowest BCUT2D eigenvalue weighted by atomic mass is 10.4. The summed E-state index contributed by atoms with van der Waals surface area (Å²) < 4.78 is 22.0. The zero-order valence-corrected chi connectivity index (χ0v) is 19.0. The van der Waals surface area contributed by atoms with Crippen LogP contribution in [-0.2, 0) is 17.7 Å². The fourth-order valence-corrected chi connectivity index (χ4v) is 6.99. The molecule has 0 spiro atoms. The number of hydrogen-bond acceptors (Lipinski definition) is 4. The Labute approximate surface area is 170 Å². The van der Waals surface area contributed by atoms with Gasteiger partial charge in [-0.3, -0.25) is 0 Å². The summed E-state index contributed by atoms with van der Waals surface area (Å²) in [6.07, 6.45) is 0. The van der Waals surface area contributed by atoms with Gasteiger partial charge in [0, 0.05) is 28.4 Å². The SMILES string of the molecule is CO[SiH](OC)c1ccccc1.CO[Si](OC)(c1ccccc1)c1ccccc1. The van der Waals surface area contributed by atoms with Gasteiger partial charge < -0.3 is 17.7 Å². The molecule has 148 valence electrons. The van der Waals surface area contributed by atoms with Gasteiger partial charge in [0.15, 0.2) is 0 Å². The molecule has 0 aliphatic carbocycles. The van der Waals surface area contributed by atoms with Gasteiger partial charge in [-0.1, -0.05) is 91.0 Å². The van der Waals surface area contributed by atoms with Crippen molar-refractivity contribution >= 4 is 33.4 Å². The monoisotopic (exact) mass is 412 g/mol. The summed E-state index contributed by atoms with van der Waals surface area (Å²) >= 11 is 0.